The van der Waals surface area contributed by atoms with E-state index < -0.39 is 15.8 Å². The summed E-state index contributed by atoms with van der Waals surface area (Å²) in [5, 5.41) is 0.622. The number of nitrogens with zero attached hydrogens (tertiary/aromatic N) is 1. The molecular formula is C21H20BrClFNO2S2. The third-order valence-electron chi connectivity index (χ3n) is 6.45. The van der Waals surface area contributed by atoms with Gasteiger partial charge in [-0.1, -0.05) is 11.6 Å². The van der Waals surface area contributed by atoms with Gasteiger partial charge in [0.25, 0.3) is 10.0 Å². The predicted molar refractivity (Wildman–Crippen MR) is 120 cm³/mol. The lowest BCUT2D eigenvalue weighted by Crippen LogP contribution is -2.50. The molecule has 1 saturated heterocycles. The smallest absolute Gasteiger partial charge is 0.262 e. The van der Waals surface area contributed by atoms with Crippen LogP contribution < -0.4 is 4.31 Å². The van der Waals surface area contributed by atoms with Crippen molar-refractivity contribution in [3.05, 3.63) is 57.3 Å². The van der Waals surface area contributed by atoms with Gasteiger partial charge in [0, 0.05) is 15.5 Å². The van der Waals surface area contributed by atoms with Gasteiger partial charge in [0.1, 0.15) is 5.82 Å². The van der Waals surface area contributed by atoms with Crippen molar-refractivity contribution in [1.82, 2.24) is 0 Å². The highest BCUT2D eigenvalue weighted by Crippen LogP contribution is 2.61. The van der Waals surface area contributed by atoms with Crippen LogP contribution in [-0.4, -0.2) is 26.0 Å². The molecule has 29 heavy (non-hydrogen) atoms. The van der Waals surface area contributed by atoms with E-state index in [-0.39, 0.29) is 16.4 Å². The lowest BCUT2D eigenvalue weighted by molar-refractivity contribution is 0.315. The number of anilines is 1. The fourth-order valence-electron chi connectivity index (χ4n) is 5.06. The van der Waals surface area contributed by atoms with Crippen LogP contribution in [0.3, 0.4) is 0 Å². The highest BCUT2D eigenvalue weighted by molar-refractivity contribution is 9.10. The van der Waals surface area contributed by atoms with Crippen molar-refractivity contribution in [3.8, 4) is 0 Å². The Kier molecular flexibility index (Phi) is 4.97. The molecule has 0 aromatic heterocycles. The van der Waals surface area contributed by atoms with Crippen molar-refractivity contribution in [2.45, 2.75) is 42.0 Å². The standard InChI is InChI=1S/C21H20BrClFNO2S2/c22-16-7-8-17-18(19(16)23)21(9-11-28-12-10-21)20(13-1-2-13)25(17)29(26,27)15-5-3-14(24)4-6-15/h3-8,13,20H,1-2,9-12H2. The van der Waals surface area contributed by atoms with Crippen LogP contribution >= 0.6 is 39.3 Å². The number of sulfonamides is 1. The Morgan fingerprint density at radius 3 is 2.38 bits per heavy atom. The molecule has 1 unspecified atom stereocenters. The molecule has 0 N–H and O–H groups in total. The Bertz CT molecular complexity index is 1070. The van der Waals surface area contributed by atoms with Crippen LogP contribution in [0.25, 0.3) is 0 Å². The van der Waals surface area contributed by atoms with Gasteiger partial charge >= 0.3 is 0 Å². The van der Waals surface area contributed by atoms with Crippen LogP contribution in [0.2, 0.25) is 5.02 Å². The number of halogens is 3. The zero-order valence-electron chi connectivity index (χ0n) is 15.6. The third kappa shape index (κ3) is 3.07. The summed E-state index contributed by atoms with van der Waals surface area (Å²) in [6.07, 6.45) is 3.89. The summed E-state index contributed by atoms with van der Waals surface area (Å²) in [4.78, 5) is 0.122. The molecule has 154 valence electrons. The number of benzene rings is 2. The minimum atomic E-state index is -3.84. The van der Waals surface area contributed by atoms with Gasteiger partial charge in [0.15, 0.2) is 0 Å². The lowest BCUT2D eigenvalue weighted by Gasteiger charge is -2.42. The number of thioether (sulfide) groups is 1. The average molecular weight is 517 g/mol. The Hall–Kier alpha value is -0.760. The van der Waals surface area contributed by atoms with E-state index in [0.717, 1.165) is 47.2 Å². The summed E-state index contributed by atoms with van der Waals surface area (Å²) in [6.45, 7) is 0. The molecule has 1 spiro atoms. The van der Waals surface area contributed by atoms with Crippen LogP contribution in [0.1, 0.15) is 31.2 Å². The van der Waals surface area contributed by atoms with Crippen molar-refractivity contribution in [2.24, 2.45) is 5.92 Å². The van der Waals surface area contributed by atoms with E-state index in [1.807, 2.05) is 23.9 Å². The van der Waals surface area contributed by atoms with Gasteiger partial charge in [-0.15, -0.1) is 0 Å². The quantitative estimate of drug-likeness (QED) is 0.502. The van der Waals surface area contributed by atoms with Gasteiger partial charge in [-0.3, -0.25) is 4.31 Å². The molecule has 3 nitrogen and oxygen atoms in total. The van der Waals surface area contributed by atoms with Gasteiger partial charge in [-0.2, -0.15) is 11.8 Å². The molecule has 2 fully saturated rings. The highest BCUT2D eigenvalue weighted by atomic mass is 79.9. The molecule has 2 heterocycles. The first-order chi connectivity index (χ1) is 13.9. The van der Waals surface area contributed by atoms with Crippen LogP contribution in [0, 0.1) is 11.7 Å². The largest absolute Gasteiger partial charge is 0.264 e. The fourth-order valence-corrected chi connectivity index (χ4v) is 8.75. The first-order valence-corrected chi connectivity index (χ1v) is 13.5. The lowest BCUT2D eigenvalue weighted by atomic mass is 9.70. The molecule has 3 aliphatic rings. The summed E-state index contributed by atoms with van der Waals surface area (Å²) in [6, 6.07) is 8.69. The minimum absolute atomic E-state index is 0.122. The van der Waals surface area contributed by atoms with Crippen LogP contribution in [0.5, 0.6) is 0 Å². The Morgan fingerprint density at radius 2 is 1.76 bits per heavy atom. The van der Waals surface area contributed by atoms with Crippen LogP contribution in [0.15, 0.2) is 45.8 Å². The van der Waals surface area contributed by atoms with Crippen LogP contribution in [0.4, 0.5) is 10.1 Å². The molecule has 2 aromatic carbocycles. The fraction of sp³-hybridized carbons (Fsp3) is 0.429. The molecule has 0 bridgehead atoms. The van der Waals surface area contributed by atoms with E-state index in [2.05, 4.69) is 15.9 Å². The number of fused-ring (bicyclic) bond motifs is 2. The van der Waals surface area contributed by atoms with Gasteiger partial charge < -0.3 is 0 Å². The zero-order valence-corrected chi connectivity index (χ0v) is 19.6. The van der Waals surface area contributed by atoms with Crippen molar-refractivity contribution in [3.63, 3.8) is 0 Å². The van der Waals surface area contributed by atoms with E-state index in [1.54, 1.807) is 4.31 Å². The maximum absolute atomic E-state index is 13.8. The van der Waals surface area contributed by atoms with E-state index >= 15 is 0 Å². The molecule has 1 aliphatic carbocycles. The van der Waals surface area contributed by atoms with E-state index in [1.165, 1.54) is 24.3 Å². The van der Waals surface area contributed by atoms with Gasteiger partial charge in [-0.05, 0) is 95.4 Å². The predicted octanol–water partition coefficient (Wildman–Crippen LogP) is 5.99. The second-order valence-electron chi connectivity index (χ2n) is 8.06. The highest BCUT2D eigenvalue weighted by Gasteiger charge is 2.60. The Balaban J connectivity index is 1.75. The maximum Gasteiger partial charge on any atom is 0.264 e. The van der Waals surface area contributed by atoms with Crippen molar-refractivity contribution < 1.29 is 12.8 Å². The zero-order chi connectivity index (χ0) is 20.4. The normalized spacial score (nSPS) is 23.4. The van der Waals surface area contributed by atoms with Gasteiger partial charge in [-0.25, -0.2) is 12.8 Å². The minimum Gasteiger partial charge on any atom is -0.262 e. The monoisotopic (exact) mass is 515 g/mol. The SMILES string of the molecule is O=S(=O)(c1ccc(F)cc1)N1c2ccc(Br)c(Cl)c2C2(CCSCC2)C1C1CC1. The first kappa shape index (κ1) is 20.2. The Morgan fingerprint density at radius 1 is 1.10 bits per heavy atom. The molecule has 2 aliphatic heterocycles. The van der Waals surface area contributed by atoms with Crippen molar-refractivity contribution in [2.75, 3.05) is 15.8 Å². The molecule has 8 heteroatoms. The first-order valence-electron chi connectivity index (χ1n) is 9.72. The van der Waals surface area contributed by atoms with E-state index in [0.29, 0.717) is 16.6 Å². The Labute approximate surface area is 188 Å². The van der Waals surface area contributed by atoms with E-state index in [4.69, 9.17) is 11.6 Å². The number of hydrogen-bond donors (Lipinski definition) is 0. The van der Waals surface area contributed by atoms with Crippen LogP contribution in [-0.2, 0) is 15.4 Å². The molecule has 0 amide bonds. The molecule has 1 atom stereocenters. The molecule has 1 saturated carbocycles. The van der Waals surface area contributed by atoms with Gasteiger partial charge in [0.05, 0.1) is 21.6 Å². The second kappa shape index (κ2) is 7.14. The average Bonchev–Trinajstić information content (AvgIpc) is 3.50. The van der Waals surface area contributed by atoms with E-state index in [9.17, 15) is 12.8 Å². The summed E-state index contributed by atoms with van der Waals surface area (Å²) in [5.41, 5.74) is 1.39. The summed E-state index contributed by atoms with van der Waals surface area (Å²) in [7, 11) is -3.84. The topological polar surface area (TPSA) is 37.4 Å². The second-order valence-corrected chi connectivity index (χ2v) is 12.3. The number of rotatable bonds is 3. The molecule has 0 radical (unpaired) electrons. The van der Waals surface area contributed by atoms with Crippen molar-refractivity contribution in [1.29, 1.82) is 0 Å². The molecule has 5 rings (SSSR count). The third-order valence-corrected chi connectivity index (χ3v) is 10.5. The summed E-state index contributed by atoms with van der Waals surface area (Å²) in [5.74, 6) is 1.87. The van der Waals surface area contributed by atoms with Gasteiger partial charge in [0.2, 0.25) is 0 Å². The number of hydrogen-bond acceptors (Lipinski definition) is 3. The van der Waals surface area contributed by atoms with Crippen molar-refractivity contribution >= 4 is 55.0 Å². The maximum atomic E-state index is 13.8. The summed E-state index contributed by atoms with van der Waals surface area (Å²) >= 11 is 12.3. The molecule has 2 aromatic rings. The molecular weight excluding hydrogens is 497 g/mol. The summed E-state index contributed by atoms with van der Waals surface area (Å²) < 4.78 is 43.5.